The first-order valence-corrected chi connectivity index (χ1v) is 6.06. The van der Waals surface area contributed by atoms with Crippen LogP contribution in [-0.2, 0) is 9.84 Å². The van der Waals surface area contributed by atoms with Gasteiger partial charge in [-0.2, -0.15) is 0 Å². The summed E-state index contributed by atoms with van der Waals surface area (Å²) in [6.07, 6.45) is 0. The number of hydrogen-bond donors (Lipinski definition) is 0. The maximum absolute atomic E-state index is 11.5. The van der Waals surface area contributed by atoms with Crippen LogP contribution in [0.25, 0.3) is 0 Å². The fraction of sp³-hybridized carbons (Fsp3) is 0.111. The van der Waals surface area contributed by atoms with Gasteiger partial charge in [0.15, 0.2) is 0 Å². The molecule has 1 aromatic rings. The van der Waals surface area contributed by atoms with Crippen molar-refractivity contribution in [3.05, 3.63) is 39.7 Å². The lowest BCUT2D eigenvalue weighted by atomic mass is 10.2. The van der Waals surface area contributed by atoms with E-state index in [-0.39, 0.29) is 9.39 Å². The van der Waals surface area contributed by atoms with E-state index in [4.69, 9.17) is 23.2 Å². The fourth-order valence-corrected chi connectivity index (χ4v) is 2.50. The van der Waals surface area contributed by atoms with Gasteiger partial charge in [-0.3, -0.25) is 0 Å². The van der Waals surface area contributed by atoms with Crippen molar-refractivity contribution >= 4 is 33.0 Å². The first-order valence-electron chi connectivity index (χ1n) is 3.76. The van der Waals surface area contributed by atoms with Crippen molar-refractivity contribution in [1.29, 1.82) is 0 Å². The molecule has 0 N–H and O–H groups in total. The highest BCUT2D eigenvalue weighted by molar-refractivity contribution is 7.94. The van der Waals surface area contributed by atoms with E-state index < -0.39 is 9.84 Å². The number of benzene rings is 1. The molecule has 0 amide bonds. The Kier molecular flexibility index (Phi) is 3.59. The molecule has 0 heterocycles. The molecule has 0 saturated heterocycles. The quantitative estimate of drug-likeness (QED) is 0.809. The van der Waals surface area contributed by atoms with Crippen molar-refractivity contribution in [2.75, 3.05) is 0 Å². The summed E-state index contributed by atoms with van der Waals surface area (Å²) in [5, 5.41) is 0.820. The minimum absolute atomic E-state index is 0.182. The highest BCUT2D eigenvalue weighted by atomic mass is 35.5. The smallest absolute Gasteiger partial charge is 0.202 e. The fourth-order valence-electron chi connectivity index (χ4n) is 0.913. The van der Waals surface area contributed by atoms with Crippen molar-refractivity contribution in [3.8, 4) is 0 Å². The number of hydrogen-bond acceptors (Lipinski definition) is 2. The summed E-state index contributed by atoms with van der Waals surface area (Å²) in [4.78, 5) is 0.182. The van der Waals surface area contributed by atoms with Gasteiger partial charge in [-0.15, -0.1) is 0 Å². The van der Waals surface area contributed by atoms with E-state index in [1.54, 1.807) is 12.1 Å². The van der Waals surface area contributed by atoms with Crippen molar-refractivity contribution in [1.82, 2.24) is 0 Å². The number of rotatable bonds is 2. The van der Waals surface area contributed by atoms with E-state index in [0.717, 1.165) is 11.0 Å². The van der Waals surface area contributed by atoms with Crippen LogP contribution in [0.5, 0.6) is 0 Å². The number of halogens is 2. The molecule has 0 bridgehead atoms. The second kappa shape index (κ2) is 4.34. The minimum Gasteiger partial charge on any atom is -0.219 e. The molecule has 1 rings (SSSR count). The third kappa shape index (κ3) is 3.01. The number of aryl methyl sites for hydroxylation is 1. The lowest BCUT2D eigenvalue weighted by Gasteiger charge is -1.99. The Hall–Kier alpha value is -0.510. The Bertz CT molecular complexity index is 442. The second-order valence-corrected chi connectivity index (χ2v) is 5.57. The van der Waals surface area contributed by atoms with Gasteiger partial charge in [-0.05, 0) is 19.1 Å². The predicted molar refractivity (Wildman–Crippen MR) is 58.2 cm³/mol. The molecule has 2 nitrogen and oxygen atoms in total. The highest BCUT2D eigenvalue weighted by Crippen LogP contribution is 2.17. The van der Waals surface area contributed by atoms with E-state index in [0.29, 0.717) is 0 Å². The molecule has 0 radical (unpaired) electrons. The molecule has 76 valence electrons. The molecule has 14 heavy (non-hydrogen) atoms. The van der Waals surface area contributed by atoms with Crippen LogP contribution in [0.15, 0.2) is 39.1 Å². The average Bonchev–Trinajstić information content (AvgIpc) is 2.02. The van der Waals surface area contributed by atoms with Crippen LogP contribution in [-0.4, -0.2) is 8.42 Å². The van der Waals surface area contributed by atoms with Gasteiger partial charge in [0.2, 0.25) is 9.84 Å². The van der Waals surface area contributed by atoms with E-state index >= 15 is 0 Å². The van der Waals surface area contributed by atoms with E-state index in [9.17, 15) is 8.42 Å². The third-order valence-electron chi connectivity index (χ3n) is 1.59. The first-order chi connectivity index (χ1) is 6.42. The van der Waals surface area contributed by atoms with Gasteiger partial charge < -0.3 is 0 Å². The molecule has 0 aliphatic heterocycles. The Morgan fingerprint density at radius 2 is 1.71 bits per heavy atom. The minimum atomic E-state index is -3.50. The molecular formula is C9H8Cl2O2S. The lowest BCUT2D eigenvalue weighted by molar-refractivity contribution is 0.604. The van der Waals surface area contributed by atoms with Gasteiger partial charge in [-0.25, -0.2) is 8.42 Å². The SMILES string of the molecule is Cc1ccc(S(=O)(=O)C=C(Cl)Cl)cc1. The molecule has 0 aliphatic rings. The summed E-state index contributed by atoms with van der Waals surface area (Å²) < 4.78 is 22.7. The van der Waals surface area contributed by atoms with Crippen molar-refractivity contribution in [2.45, 2.75) is 11.8 Å². The van der Waals surface area contributed by atoms with Crippen molar-refractivity contribution in [3.63, 3.8) is 0 Å². The van der Waals surface area contributed by atoms with Crippen LogP contribution >= 0.6 is 23.2 Å². The molecule has 0 spiro atoms. The average molecular weight is 251 g/mol. The first kappa shape index (κ1) is 11.6. The van der Waals surface area contributed by atoms with Gasteiger partial charge in [0.1, 0.15) is 4.49 Å². The molecule has 0 saturated carbocycles. The molecule has 0 unspecified atom stereocenters. The van der Waals surface area contributed by atoms with Crippen molar-refractivity contribution in [2.24, 2.45) is 0 Å². The number of sulfone groups is 1. The molecule has 0 fully saturated rings. The van der Waals surface area contributed by atoms with Crippen LogP contribution in [0.1, 0.15) is 5.56 Å². The zero-order chi connectivity index (χ0) is 10.8. The maximum Gasteiger partial charge on any atom is 0.202 e. The highest BCUT2D eigenvalue weighted by Gasteiger charge is 2.10. The molecule has 5 heteroatoms. The Morgan fingerprint density at radius 1 is 1.21 bits per heavy atom. The zero-order valence-corrected chi connectivity index (χ0v) is 9.70. The van der Waals surface area contributed by atoms with Gasteiger partial charge in [0.05, 0.1) is 10.3 Å². The summed E-state index contributed by atoms with van der Waals surface area (Å²) in [5.41, 5.74) is 0.991. The second-order valence-electron chi connectivity index (χ2n) is 2.77. The van der Waals surface area contributed by atoms with Crippen LogP contribution in [0, 0.1) is 6.92 Å². The van der Waals surface area contributed by atoms with E-state index in [1.807, 2.05) is 6.92 Å². The molecule has 0 atom stereocenters. The molecule has 0 aromatic heterocycles. The van der Waals surface area contributed by atoms with E-state index in [2.05, 4.69) is 0 Å². The van der Waals surface area contributed by atoms with Crippen LogP contribution < -0.4 is 0 Å². The lowest BCUT2D eigenvalue weighted by Crippen LogP contribution is -1.95. The van der Waals surface area contributed by atoms with Crippen LogP contribution in [0.2, 0.25) is 0 Å². The molecular weight excluding hydrogens is 243 g/mol. The van der Waals surface area contributed by atoms with Gasteiger partial charge >= 0.3 is 0 Å². The Morgan fingerprint density at radius 3 is 2.14 bits per heavy atom. The molecule has 1 aromatic carbocycles. The van der Waals surface area contributed by atoms with Gasteiger partial charge in [0, 0.05) is 0 Å². The van der Waals surface area contributed by atoms with Crippen molar-refractivity contribution < 1.29 is 8.42 Å². The van der Waals surface area contributed by atoms with Crippen LogP contribution in [0.3, 0.4) is 0 Å². The maximum atomic E-state index is 11.5. The standard InChI is InChI=1S/C9H8Cl2O2S/c1-7-2-4-8(5-3-7)14(12,13)6-9(10)11/h2-6H,1H3. The summed E-state index contributed by atoms with van der Waals surface area (Å²) in [6, 6.07) is 6.45. The Labute approximate surface area is 93.1 Å². The topological polar surface area (TPSA) is 34.1 Å². The summed E-state index contributed by atoms with van der Waals surface area (Å²) in [6.45, 7) is 1.88. The van der Waals surface area contributed by atoms with E-state index in [1.165, 1.54) is 12.1 Å². The van der Waals surface area contributed by atoms with Gasteiger partial charge in [0.25, 0.3) is 0 Å². The monoisotopic (exact) mass is 250 g/mol. The largest absolute Gasteiger partial charge is 0.219 e. The zero-order valence-electron chi connectivity index (χ0n) is 7.37. The third-order valence-corrected chi connectivity index (χ3v) is 3.55. The normalized spacial score (nSPS) is 11.1. The summed E-state index contributed by atoms with van der Waals surface area (Å²) in [5.74, 6) is 0. The summed E-state index contributed by atoms with van der Waals surface area (Å²) in [7, 11) is -3.50. The predicted octanol–water partition coefficient (Wildman–Crippen LogP) is 3.05. The molecule has 0 aliphatic carbocycles. The summed E-state index contributed by atoms with van der Waals surface area (Å²) >= 11 is 10.6. The van der Waals surface area contributed by atoms with Crippen LogP contribution in [0.4, 0.5) is 0 Å². The van der Waals surface area contributed by atoms with Gasteiger partial charge in [-0.1, -0.05) is 40.9 Å². The Balaban J connectivity index is 3.18.